The summed E-state index contributed by atoms with van der Waals surface area (Å²) >= 11 is 5.79. The highest BCUT2D eigenvalue weighted by molar-refractivity contribution is 6.29. The van der Waals surface area contributed by atoms with Crippen LogP contribution in [0.2, 0.25) is 5.15 Å². The molecular weight excluding hydrogens is 332 g/mol. The van der Waals surface area contributed by atoms with E-state index in [1.807, 2.05) is 31.7 Å². The highest BCUT2D eigenvalue weighted by Gasteiger charge is 2.39. The third-order valence-electron chi connectivity index (χ3n) is 4.04. The Morgan fingerprint density at radius 2 is 2.25 bits per heavy atom. The van der Waals surface area contributed by atoms with Gasteiger partial charge in [-0.1, -0.05) is 24.6 Å². The third-order valence-corrected chi connectivity index (χ3v) is 4.27. The summed E-state index contributed by atoms with van der Waals surface area (Å²) in [7, 11) is 0. The van der Waals surface area contributed by atoms with Crippen LogP contribution in [-0.4, -0.2) is 34.2 Å². The van der Waals surface area contributed by atoms with Crippen molar-refractivity contribution < 1.29 is 9.66 Å². The molecule has 24 heavy (non-hydrogen) atoms. The number of rotatable bonds is 7. The predicted molar refractivity (Wildman–Crippen MR) is 91.7 cm³/mol. The Balaban J connectivity index is 2.28. The standard InChI is InChI=1S/C16H23ClN4O3/c1-4-20-14(24-5-2)8-11(3)15(21(22)23)16(20)19-10-12-6-7-13(17)18-9-12/h6-7,9,11,14,19H,4-5,8,10H2,1-3H3. The SMILES string of the molecule is CCOC1CC(C)C([N+](=O)[O-])=C(NCc2ccc(Cl)nc2)N1CC. The lowest BCUT2D eigenvalue weighted by Gasteiger charge is -2.39. The van der Waals surface area contributed by atoms with Gasteiger partial charge in [-0.3, -0.25) is 10.1 Å². The van der Waals surface area contributed by atoms with E-state index in [2.05, 4.69) is 10.3 Å². The summed E-state index contributed by atoms with van der Waals surface area (Å²) in [4.78, 5) is 17.2. The maximum absolute atomic E-state index is 11.6. The molecule has 2 atom stereocenters. The van der Waals surface area contributed by atoms with Crippen molar-refractivity contribution in [2.45, 2.75) is 40.0 Å². The summed E-state index contributed by atoms with van der Waals surface area (Å²) < 4.78 is 5.78. The van der Waals surface area contributed by atoms with Crippen LogP contribution in [0.5, 0.6) is 0 Å². The summed E-state index contributed by atoms with van der Waals surface area (Å²) in [6.45, 7) is 7.37. The van der Waals surface area contributed by atoms with Crippen LogP contribution in [0.25, 0.3) is 0 Å². The van der Waals surface area contributed by atoms with Crippen molar-refractivity contribution in [2.75, 3.05) is 13.2 Å². The first-order valence-electron chi connectivity index (χ1n) is 8.09. The van der Waals surface area contributed by atoms with Gasteiger partial charge in [-0.15, -0.1) is 0 Å². The van der Waals surface area contributed by atoms with Crippen LogP contribution in [-0.2, 0) is 11.3 Å². The molecule has 1 aromatic heterocycles. The average molecular weight is 355 g/mol. The van der Waals surface area contributed by atoms with Gasteiger partial charge < -0.3 is 15.0 Å². The zero-order chi connectivity index (χ0) is 17.7. The first-order valence-corrected chi connectivity index (χ1v) is 8.46. The fraction of sp³-hybridized carbons (Fsp3) is 0.562. The van der Waals surface area contributed by atoms with Crippen LogP contribution < -0.4 is 5.32 Å². The van der Waals surface area contributed by atoms with Crippen molar-refractivity contribution >= 4 is 11.6 Å². The van der Waals surface area contributed by atoms with Crippen LogP contribution in [0.3, 0.4) is 0 Å². The highest BCUT2D eigenvalue weighted by Crippen LogP contribution is 2.31. The van der Waals surface area contributed by atoms with Gasteiger partial charge in [0, 0.05) is 32.3 Å². The fourth-order valence-corrected chi connectivity index (χ4v) is 3.05. The van der Waals surface area contributed by atoms with Gasteiger partial charge in [0.05, 0.1) is 10.8 Å². The molecule has 1 N–H and O–H groups in total. The van der Waals surface area contributed by atoms with E-state index in [-0.39, 0.29) is 22.8 Å². The molecule has 0 saturated heterocycles. The van der Waals surface area contributed by atoms with E-state index in [0.717, 1.165) is 5.56 Å². The maximum atomic E-state index is 11.6. The van der Waals surface area contributed by atoms with E-state index >= 15 is 0 Å². The quantitative estimate of drug-likeness (QED) is 0.460. The predicted octanol–water partition coefficient (Wildman–Crippen LogP) is 2.99. The van der Waals surface area contributed by atoms with Gasteiger partial charge in [0.15, 0.2) is 5.82 Å². The molecule has 2 rings (SSSR count). The molecule has 0 radical (unpaired) electrons. The van der Waals surface area contributed by atoms with Crippen molar-refractivity contribution in [3.63, 3.8) is 0 Å². The van der Waals surface area contributed by atoms with Gasteiger partial charge >= 0.3 is 0 Å². The van der Waals surface area contributed by atoms with E-state index < -0.39 is 0 Å². The number of nitrogens with one attached hydrogen (secondary N) is 1. The number of hydrogen-bond donors (Lipinski definition) is 1. The van der Waals surface area contributed by atoms with Crippen LogP contribution in [0.1, 0.15) is 32.8 Å². The molecule has 1 aromatic rings. The van der Waals surface area contributed by atoms with Gasteiger partial charge in [0.25, 0.3) is 5.70 Å². The summed E-state index contributed by atoms with van der Waals surface area (Å²) in [6.07, 6.45) is 2.10. The molecule has 1 aliphatic rings. The van der Waals surface area contributed by atoms with Crippen molar-refractivity contribution in [3.05, 3.63) is 50.7 Å². The molecule has 7 nitrogen and oxygen atoms in total. The van der Waals surface area contributed by atoms with Crippen molar-refractivity contribution in [1.29, 1.82) is 0 Å². The number of aromatic nitrogens is 1. The smallest absolute Gasteiger partial charge is 0.288 e. The summed E-state index contributed by atoms with van der Waals surface area (Å²) in [6, 6.07) is 3.54. The number of hydrogen-bond acceptors (Lipinski definition) is 6. The second kappa shape index (κ2) is 8.30. The Hall–Kier alpha value is -1.86. The molecule has 0 amide bonds. The zero-order valence-corrected chi connectivity index (χ0v) is 14.9. The molecule has 0 saturated carbocycles. The van der Waals surface area contributed by atoms with E-state index in [4.69, 9.17) is 16.3 Å². The topological polar surface area (TPSA) is 80.5 Å². The molecule has 0 spiro atoms. The first kappa shape index (κ1) is 18.5. The number of ether oxygens (including phenoxy) is 1. The van der Waals surface area contributed by atoms with Crippen molar-refractivity contribution in [2.24, 2.45) is 5.92 Å². The van der Waals surface area contributed by atoms with Gasteiger partial charge in [-0.2, -0.15) is 0 Å². The van der Waals surface area contributed by atoms with Crippen molar-refractivity contribution in [3.8, 4) is 0 Å². The molecule has 0 bridgehead atoms. The number of halogens is 1. The molecule has 0 aromatic carbocycles. The Kier molecular flexibility index (Phi) is 6.39. The lowest BCUT2D eigenvalue weighted by atomic mass is 9.97. The second-order valence-corrected chi connectivity index (χ2v) is 6.05. The normalized spacial score (nSPS) is 21.1. The second-order valence-electron chi connectivity index (χ2n) is 5.67. The third kappa shape index (κ3) is 4.15. The Morgan fingerprint density at radius 1 is 1.50 bits per heavy atom. The summed E-state index contributed by atoms with van der Waals surface area (Å²) in [5.41, 5.74) is 1.10. The highest BCUT2D eigenvalue weighted by atomic mass is 35.5. The van der Waals surface area contributed by atoms with E-state index in [9.17, 15) is 10.1 Å². The van der Waals surface area contributed by atoms with Crippen LogP contribution in [0, 0.1) is 16.0 Å². The van der Waals surface area contributed by atoms with Gasteiger partial charge in [-0.25, -0.2) is 4.98 Å². The number of pyridine rings is 1. The monoisotopic (exact) mass is 354 g/mol. The molecule has 2 unspecified atom stereocenters. The molecular formula is C16H23ClN4O3. The largest absolute Gasteiger partial charge is 0.362 e. The fourth-order valence-electron chi connectivity index (χ4n) is 2.93. The van der Waals surface area contributed by atoms with Crippen molar-refractivity contribution in [1.82, 2.24) is 15.2 Å². The van der Waals surface area contributed by atoms with Gasteiger partial charge in [-0.05, 0) is 25.5 Å². The van der Waals surface area contributed by atoms with Crippen LogP contribution in [0.4, 0.5) is 0 Å². The number of nitro groups is 1. The Labute approximate surface area is 146 Å². The molecule has 1 aliphatic heterocycles. The van der Waals surface area contributed by atoms with Crippen LogP contribution >= 0.6 is 11.6 Å². The lowest BCUT2D eigenvalue weighted by Crippen LogP contribution is -2.47. The summed E-state index contributed by atoms with van der Waals surface area (Å²) in [5, 5.41) is 15.2. The van der Waals surface area contributed by atoms with E-state index in [1.54, 1.807) is 12.3 Å². The maximum Gasteiger partial charge on any atom is 0.288 e. The molecule has 132 valence electrons. The lowest BCUT2D eigenvalue weighted by molar-refractivity contribution is -0.439. The summed E-state index contributed by atoms with van der Waals surface area (Å²) in [5.74, 6) is 0.333. The minimum absolute atomic E-state index is 0.162. The molecule has 0 fully saturated rings. The molecule has 2 heterocycles. The molecule has 8 heteroatoms. The van der Waals surface area contributed by atoms with Gasteiger partial charge in [0.1, 0.15) is 11.4 Å². The van der Waals surface area contributed by atoms with Gasteiger partial charge in [0.2, 0.25) is 0 Å². The zero-order valence-electron chi connectivity index (χ0n) is 14.2. The number of nitrogens with zero attached hydrogens (tertiary/aromatic N) is 3. The molecule has 0 aliphatic carbocycles. The Morgan fingerprint density at radius 3 is 2.79 bits per heavy atom. The van der Waals surface area contributed by atoms with E-state index in [0.29, 0.717) is 37.1 Å². The van der Waals surface area contributed by atoms with Crippen LogP contribution in [0.15, 0.2) is 29.8 Å². The minimum atomic E-state index is -0.294. The minimum Gasteiger partial charge on any atom is -0.362 e. The first-order chi connectivity index (χ1) is 11.5. The average Bonchev–Trinajstić information content (AvgIpc) is 2.54. The Bertz CT molecular complexity index is 606. The number of allylic oxidation sites excluding steroid dienone is 1. The van der Waals surface area contributed by atoms with E-state index in [1.165, 1.54) is 0 Å².